The van der Waals surface area contributed by atoms with E-state index in [4.69, 9.17) is 14.2 Å². The summed E-state index contributed by atoms with van der Waals surface area (Å²) in [5.41, 5.74) is 1.45. The molecule has 4 rings (SSSR count). The van der Waals surface area contributed by atoms with Gasteiger partial charge in [0.05, 0.1) is 18.8 Å². The van der Waals surface area contributed by atoms with Crippen LogP contribution < -0.4 is 0 Å². The Labute approximate surface area is 102 Å². The van der Waals surface area contributed by atoms with Gasteiger partial charge in [-0.1, -0.05) is 12.2 Å². The monoisotopic (exact) mass is 236 g/mol. The lowest BCUT2D eigenvalue weighted by Gasteiger charge is -2.47. The maximum Gasteiger partial charge on any atom is 0.169 e. The summed E-state index contributed by atoms with van der Waals surface area (Å²) in [6, 6.07) is 0. The average molecular weight is 236 g/mol. The third-order valence-corrected chi connectivity index (χ3v) is 5.21. The summed E-state index contributed by atoms with van der Waals surface area (Å²) in [7, 11) is 0. The Bertz CT molecular complexity index is 358. The lowest BCUT2D eigenvalue weighted by Crippen LogP contribution is -2.52. The van der Waals surface area contributed by atoms with E-state index in [1.165, 1.54) is 5.57 Å². The molecular weight excluding hydrogens is 216 g/mol. The summed E-state index contributed by atoms with van der Waals surface area (Å²) in [4.78, 5) is 0. The Morgan fingerprint density at radius 1 is 1.00 bits per heavy atom. The number of hydrogen-bond donors (Lipinski definition) is 0. The Kier molecular flexibility index (Phi) is 2.07. The maximum absolute atomic E-state index is 6.17. The second-order valence-corrected chi connectivity index (χ2v) is 6.13. The highest BCUT2D eigenvalue weighted by atomic mass is 16.7. The molecule has 17 heavy (non-hydrogen) atoms. The lowest BCUT2D eigenvalue weighted by molar-refractivity contribution is -0.228. The smallest absolute Gasteiger partial charge is 0.169 e. The van der Waals surface area contributed by atoms with Gasteiger partial charge in [0.1, 0.15) is 0 Å². The maximum atomic E-state index is 6.17. The molecule has 0 unspecified atom stereocenters. The van der Waals surface area contributed by atoms with Gasteiger partial charge in [-0.25, -0.2) is 0 Å². The molecule has 0 aromatic rings. The van der Waals surface area contributed by atoms with Gasteiger partial charge in [-0.2, -0.15) is 0 Å². The number of hydrogen-bond acceptors (Lipinski definition) is 3. The SMILES string of the molecule is C=C1C[C@H]2CC3(C[C@H]4CCO[C@@]42C1)OCCO3. The van der Waals surface area contributed by atoms with Crippen molar-refractivity contribution in [2.24, 2.45) is 11.8 Å². The quantitative estimate of drug-likeness (QED) is 0.604. The van der Waals surface area contributed by atoms with E-state index in [-0.39, 0.29) is 11.4 Å². The van der Waals surface area contributed by atoms with Crippen LogP contribution in [0.2, 0.25) is 0 Å². The first-order chi connectivity index (χ1) is 8.23. The topological polar surface area (TPSA) is 27.7 Å². The molecule has 4 aliphatic rings. The zero-order valence-electron chi connectivity index (χ0n) is 10.2. The van der Waals surface area contributed by atoms with Crippen molar-refractivity contribution in [3.8, 4) is 0 Å². The molecule has 3 nitrogen and oxygen atoms in total. The molecule has 2 heterocycles. The van der Waals surface area contributed by atoms with Crippen LogP contribution in [0.15, 0.2) is 12.2 Å². The van der Waals surface area contributed by atoms with E-state index in [9.17, 15) is 0 Å². The van der Waals surface area contributed by atoms with E-state index in [0.29, 0.717) is 11.8 Å². The molecule has 3 atom stereocenters. The Balaban J connectivity index is 1.69. The van der Waals surface area contributed by atoms with Gasteiger partial charge in [-0.15, -0.1) is 0 Å². The molecular formula is C14H20O3. The normalized spacial score (nSPS) is 47.4. The third kappa shape index (κ3) is 1.33. The largest absolute Gasteiger partial charge is 0.374 e. The second-order valence-electron chi connectivity index (χ2n) is 6.13. The van der Waals surface area contributed by atoms with Gasteiger partial charge in [0.2, 0.25) is 0 Å². The van der Waals surface area contributed by atoms with Crippen LogP contribution >= 0.6 is 0 Å². The molecule has 0 radical (unpaired) electrons. The van der Waals surface area contributed by atoms with Gasteiger partial charge < -0.3 is 14.2 Å². The summed E-state index contributed by atoms with van der Waals surface area (Å²) < 4.78 is 18.0. The fourth-order valence-corrected chi connectivity index (χ4v) is 4.62. The molecule has 0 amide bonds. The van der Waals surface area contributed by atoms with Gasteiger partial charge in [0, 0.05) is 19.4 Å². The van der Waals surface area contributed by atoms with E-state index in [1.54, 1.807) is 0 Å². The van der Waals surface area contributed by atoms with Crippen molar-refractivity contribution in [3.05, 3.63) is 12.2 Å². The lowest BCUT2D eigenvalue weighted by atomic mass is 9.68. The van der Waals surface area contributed by atoms with Crippen molar-refractivity contribution in [1.29, 1.82) is 0 Å². The Morgan fingerprint density at radius 3 is 2.59 bits per heavy atom. The highest BCUT2D eigenvalue weighted by molar-refractivity contribution is 5.20. The number of rotatable bonds is 0. The molecule has 2 aliphatic heterocycles. The van der Waals surface area contributed by atoms with Crippen molar-refractivity contribution in [2.45, 2.75) is 43.5 Å². The zero-order valence-corrected chi connectivity index (χ0v) is 10.2. The van der Waals surface area contributed by atoms with E-state index >= 15 is 0 Å². The molecule has 2 spiro atoms. The van der Waals surface area contributed by atoms with Crippen LogP contribution in [0.1, 0.15) is 32.1 Å². The Morgan fingerprint density at radius 2 is 1.76 bits per heavy atom. The van der Waals surface area contributed by atoms with Crippen molar-refractivity contribution < 1.29 is 14.2 Å². The molecule has 4 fully saturated rings. The average Bonchev–Trinajstić information content (AvgIpc) is 2.94. The van der Waals surface area contributed by atoms with E-state index in [0.717, 1.165) is 51.9 Å². The molecule has 3 heteroatoms. The van der Waals surface area contributed by atoms with Crippen LogP contribution in [0.4, 0.5) is 0 Å². The predicted molar refractivity (Wildman–Crippen MR) is 62.5 cm³/mol. The minimum atomic E-state index is -0.281. The van der Waals surface area contributed by atoms with Crippen LogP contribution in [0.5, 0.6) is 0 Å². The summed E-state index contributed by atoms with van der Waals surface area (Å²) >= 11 is 0. The summed E-state index contributed by atoms with van der Waals surface area (Å²) in [5.74, 6) is 0.893. The highest BCUT2D eigenvalue weighted by Crippen LogP contribution is 2.60. The molecule has 0 aromatic heterocycles. The van der Waals surface area contributed by atoms with Gasteiger partial charge in [0.15, 0.2) is 5.79 Å². The highest BCUT2D eigenvalue weighted by Gasteiger charge is 2.62. The van der Waals surface area contributed by atoms with Crippen molar-refractivity contribution in [3.63, 3.8) is 0 Å². The molecule has 0 aromatic carbocycles. The predicted octanol–water partition coefficient (Wildman–Crippen LogP) is 2.26. The first-order valence-electron chi connectivity index (χ1n) is 6.81. The number of ether oxygens (including phenoxy) is 3. The molecule has 2 aliphatic carbocycles. The molecule has 2 saturated heterocycles. The van der Waals surface area contributed by atoms with Gasteiger partial charge in [0.25, 0.3) is 0 Å². The van der Waals surface area contributed by atoms with Gasteiger partial charge in [-0.3, -0.25) is 0 Å². The van der Waals surface area contributed by atoms with Crippen LogP contribution in [-0.4, -0.2) is 31.2 Å². The fourth-order valence-electron chi connectivity index (χ4n) is 4.62. The van der Waals surface area contributed by atoms with Gasteiger partial charge >= 0.3 is 0 Å². The van der Waals surface area contributed by atoms with E-state index < -0.39 is 0 Å². The van der Waals surface area contributed by atoms with Crippen LogP contribution in [0.3, 0.4) is 0 Å². The van der Waals surface area contributed by atoms with Crippen molar-refractivity contribution >= 4 is 0 Å². The molecule has 0 bridgehead atoms. The summed E-state index contributed by atoms with van der Waals surface area (Å²) in [6.45, 7) is 6.61. The fraction of sp³-hybridized carbons (Fsp3) is 0.857. The van der Waals surface area contributed by atoms with Crippen LogP contribution in [0, 0.1) is 11.8 Å². The van der Waals surface area contributed by atoms with Crippen molar-refractivity contribution in [2.75, 3.05) is 19.8 Å². The summed E-state index contributed by atoms with van der Waals surface area (Å²) in [5, 5.41) is 0. The van der Waals surface area contributed by atoms with Crippen LogP contribution in [0.25, 0.3) is 0 Å². The molecule has 0 N–H and O–H groups in total. The minimum Gasteiger partial charge on any atom is -0.374 e. The first-order valence-corrected chi connectivity index (χ1v) is 6.81. The third-order valence-electron chi connectivity index (χ3n) is 5.21. The Hall–Kier alpha value is -0.380. The first kappa shape index (κ1) is 10.5. The van der Waals surface area contributed by atoms with Gasteiger partial charge in [-0.05, 0) is 31.1 Å². The van der Waals surface area contributed by atoms with Crippen LogP contribution in [-0.2, 0) is 14.2 Å². The minimum absolute atomic E-state index is 0.0949. The molecule has 94 valence electrons. The van der Waals surface area contributed by atoms with Crippen molar-refractivity contribution in [1.82, 2.24) is 0 Å². The van der Waals surface area contributed by atoms with E-state index in [1.807, 2.05) is 0 Å². The summed E-state index contributed by atoms with van der Waals surface area (Å²) in [6.07, 6.45) is 5.36. The zero-order chi connectivity index (χ0) is 11.5. The van der Waals surface area contributed by atoms with E-state index in [2.05, 4.69) is 6.58 Å². The standard InChI is InChI=1S/C14H20O3/c1-10-6-12-9-13(15-4-5-16-13)8-11-2-3-17-14(11,12)7-10/h11-12H,1-9H2/t11-,12+,14+/m1/s1. The molecule has 2 saturated carbocycles. The second kappa shape index (κ2) is 3.34.